The fraction of sp³-hybridized carbons (Fsp3) is 0.556. The Morgan fingerprint density at radius 1 is 1.09 bits per heavy atom. The van der Waals surface area contributed by atoms with Crippen LogP contribution in [0.2, 0.25) is 0 Å². The second-order valence-electron chi connectivity index (χ2n) is 7.22. The molecule has 1 aliphatic carbocycles. The molecule has 0 aliphatic heterocycles. The van der Waals surface area contributed by atoms with Crippen molar-refractivity contribution in [2.45, 2.75) is 58.3 Å². The third-order valence-corrected chi connectivity index (χ3v) is 4.97. The molecule has 0 bridgehead atoms. The maximum atomic E-state index is 12.2. The molecule has 2 amide bonds. The number of carbonyl (C=O) groups is 2. The van der Waals surface area contributed by atoms with E-state index in [4.69, 9.17) is 0 Å². The zero-order valence-electron chi connectivity index (χ0n) is 14.0. The Morgan fingerprint density at radius 3 is 2.30 bits per heavy atom. The minimum atomic E-state index is -0.296. The van der Waals surface area contributed by atoms with Gasteiger partial charge in [-0.1, -0.05) is 62.0 Å². The molecule has 0 heterocycles. The molecular weight excluding hydrogens is 356 g/mol. The molecule has 1 fully saturated rings. The van der Waals surface area contributed by atoms with Gasteiger partial charge in [-0.05, 0) is 36.0 Å². The van der Waals surface area contributed by atoms with E-state index in [9.17, 15) is 9.59 Å². The molecule has 0 saturated heterocycles. The first-order chi connectivity index (χ1) is 10.8. The van der Waals surface area contributed by atoms with Crippen molar-refractivity contribution in [1.82, 2.24) is 10.9 Å². The summed E-state index contributed by atoms with van der Waals surface area (Å²) in [5.74, 6) is -0.349. The van der Waals surface area contributed by atoms with Crippen LogP contribution < -0.4 is 10.9 Å². The van der Waals surface area contributed by atoms with Gasteiger partial charge in [0.25, 0.3) is 5.91 Å². The van der Waals surface area contributed by atoms with Gasteiger partial charge in [0.1, 0.15) is 0 Å². The van der Waals surface area contributed by atoms with Crippen molar-refractivity contribution < 1.29 is 9.59 Å². The van der Waals surface area contributed by atoms with Crippen molar-refractivity contribution in [1.29, 1.82) is 0 Å². The molecule has 23 heavy (non-hydrogen) atoms. The molecular formula is C18H25BrN2O2. The molecule has 4 nitrogen and oxygen atoms in total. The lowest BCUT2D eigenvalue weighted by atomic mass is 9.86. The van der Waals surface area contributed by atoms with Crippen LogP contribution in [0.5, 0.6) is 0 Å². The number of carbonyl (C=O) groups excluding carboxylic acids is 2. The van der Waals surface area contributed by atoms with E-state index in [1.807, 2.05) is 6.07 Å². The second-order valence-corrected chi connectivity index (χ2v) is 8.08. The summed E-state index contributed by atoms with van der Waals surface area (Å²) in [5.41, 5.74) is 6.75. The standard InChI is InChI=1S/C18H25BrN2O2/c1-18(2,3)14-10-9-13(11-15(14)19)17(23)21-20-16(22)12-7-5-4-6-8-12/h9-12H,4-8H2,1-3H3,(H,20,22)(H,21,23). The summed E-state index contributed by atoms with van der Waals surface area (Å²) in [7, 11) is 0. The van der Waals surface area contributed by atoms with Crippen LogP contribution in [0.1, 0.15) is 68.8 Å². The van der Waals surface area contributed by atoms with Crippen molar-refractivity contribution in [3.63, 3.8) is 0 Å². The third-order valence-electron chi connectivity index (χ3n) is 4.31. The average Bonchev–Trinajstić information content (AvgIpc) is 2.51. The number of benzene rings is 1. The number of amides is 2. The monoisotopic (exact) mass is 380 g/mol. The van der Waals surface area contributed by atoms with Crippen LogP contribution in [-0.2, 0) is 10.2 Å². The normalized spacial score (nSPS) is 16.0. The van der Waals surface area contributed by atoms with Crippen molar-refractivity contribution >= 4 is 27.7 Å². The second kappa shape index (κ2) is 7.47. The number of halogens is 1. The number of hydrogen-bond donors (Lipinski definition) is 2. The fourth-order valence-corrected chi connectivity index (χ4v) is 3.90. The van der Waals surface area contributed by atoms with E-state index in [0.29, 0.717) is 5.56 Å². The first-order valence-corrected chi connectivity index (χ1v) is 8.98. The largest absolute Gasteiger partial charge is 0.273 e. The molecule has 2 N–H and O–H groups in total. The highest BCUT2D eigenvalue weighted by molar-refractivity contribution is 9.10. The summed E-state index contributed by atoms with van der Waals surface area (Å²) < 4.78 is 0.899. The van der Waals surface area contributed by atoms with Crippen LogP contribution in [0.3, 0.4) is 0 Å². The van der Waals surface area contributed by atoms with E-state index >= 15 is 0 Å². The van der Waals surface area contributed by atoms with Gasteiger partial charge >= 0.3 is 0 Å². The van der Waals surface area contributed by atoms with Gasteiger partial charge < -0.3 is 0 Å². The Balaban J connectivity index is 1.95. The minimum Gasteiger partial charge on any atom is -0.273 e. The lowest BCUT2D eigenvalue weighted by Crippen LogP contribution is -2.45. The number of nitrogens with one attached hydrogen (secondary N) is 2. The van der Waals surface area contributed by atoms with Gasteiger partial charge in [0.05, 0.1) is 0 Å². The predicted octanol–water partition coefficient (Wildman–Crippen LogP) is 4.09. The topological polar surface area (TPSA) is 58.2 Å². The number of rotatable bonds is 2. The van der Waals surface area contributed by atoms with Crippen LogP contribution in [0.15, 0.2) is 22.7 Å². The van der Waals surface area contributed by atoms with E-state index < -0.39 is 0 Å². The Morgan fingerprint density at radius 2 is 1.74 bits per heavy atom. The lowest BCUT2D eigenvalue weighted by molar-refractivity contribution is -0.126. The Hall–Kier alpha value is -1.36. The highest BCUT2D eigenvalue weighted by atomic mass is 79.9. The highest BCUT2D eigenvalue weighted by Crippen LogP contribution is 2.30. The Labute approximate surface area is 146 Å². The molecule has 1 saturated carbocycles. The molecule has 0 aromatic heterocycles. The van der Waals surface area contributed by atoms with Gasteiger partial charge in [-0.2, -0.15) is 0 Å². The molecule has 1 aromatic carbocycles. The maximum Gasteiger partial charge on any atom is 0.269 e. The van der Waals surface area contributed by atoms with Crippen molar-refractivity contribution in [2.24, 2.45) is 5.92 Å². The molecule has 0 unspecified atom stereocenters. The molecule has 0 spiro atoms. The molecule has 5 heteroatoms. The molecule has 0 atom stereocenters. The van der Waals surface area contributed by atoms with Gasteiger partial charge in [0, 0.05) is 16.0 Å². The van der Waals surface area contributed by atoms with Crippen LogP contribution >= 0.6 is 15.9 Å². The minimum absolute atomic E-state index is 0.00301. The SMILES string of the molecule is CC(C)(C)c1ccc(C(=O)NNC(=O)C2CCCCC2)cc1Br. The summed E-state index contributed by atoms with van der Waals surface area (Å²) in [5, 5.41) is 0. The van der Waals surface area contributed by atoms with Crippen LogP contribution in [-0.4, -0.2) is 11.8 Å². The van der Waals surface area contributed by atoms with Gasteiger partial charge in [-0.15, -0.1) is 0 Å². The lowest BCUT2D eigenvalue weighted by Gasteiger charge is -2.22. The number of hydrazine groups is 1. The summed E-state index contributed by atoms with van der Waals surface area (Å²) in [6.07, 6.45) is 5.20. The average molecular weight is 381 g/mol. The molecule has 0 radical (unpaired) electrons. The highest BCUT2D eigenvalue weighted by Gasteiger charge is 2.22. The summed E-state index contributed by atoms with van der Waals surface area (Å²) in [6.45, 7) is 6.37. The zero-order valence-corrected chi connectivity index (χ0v) is 15.6. The molecule has 1 aromatic rings. The summed E-state index contributed by atoms with van der Waals surface area (Å²) in [4.78, 5) is 24.2. The van der Waals surface area contributed by atoms with E-state index in [0.717, 1.165) is 35.7 Å². The quantitative estimate of drug-likeness (QED) is 0.759. The molecule has 126 valence electrons. The van der Waals surface area contributed by atoms with Crippen LogP contribution in [0.4, 0.5) is 0 Å². The fourth-order valence-electron chi connectivity index (χ4n) is 2.92. The first-order valence-electron chi connectivity index (χ1n) is 8.19. The van der Waals surface area contributed by atoms with Gasteiger partial charge in [-0.25, -0.2) is 0 Å². The van der Waals surface area contributed by atoms with Gasteiger partial charge in [0.15, 0.2) is 0 Å². The van der Waals surface area contributed by atoms with Crippen molar-refractivity contribution in [3.05, 3.63) is 33.8 Å². The maximum absolute atomic E-state index is 12.2. The van der Waals surface area contributed by atoms with Gasteiger partial charge in [-0.3, -0.25) is 20.4 Å². The summed E-state index contributed by atoms with van der Waals surface area (Å²) in [6, 6.07) is 5.53. The number of hydrogen-bond acceptors (Lipinski definition) is 2. The van der Waals surface area contributed by atoms with Gasteiger partial charge in [0.2, 0.25) is 5.91 Å². The van der Waals surface area contributed by atoms with E-state index in [1.54, 1.807) is 12.1 Å². The summed E-state index contributed by atoms with van der Waals surface area (Å²) >= 11 is 3.53. The Kier molecular flexibility index (Phi) is 5.84. The third kappa shape index (κ3) is 4.80. The molecule has 2 rings (SSSR count). The van der Waals surface area contributed by atoms with Crippen LogP contribution in [0.25, 0.3) is 0 Å². The smallest absolute Gasteiger partial charge is 0.269 e. The van der Waals surface area contributed by atoms with Crippen LogP contribution in [0, 0.1) is 5.92 Å². The van der Waals surface area contributed by atoms with E-state index in [-0.39, 0.29) is 23.1 Å². The van der Waals surface area contributed by atoms with E-state index in [2.05, 4.69) is 47.6 Å². The first kappa shape index (κ1) is 18.0. The zero-order chi connectivity index (χ0) is 17.0. The predicted molar refractivity (Wildman–Crippen MR) is 95.0 cm³/mol. The van der Waals surface area contributed by atoms with E-state index in [1.165, 1.54) is 6.42 Å². The van der Waals surface area contributed by atoms with Crippen molar-refractivity contribution in [2.75, 3.05) is 0 Å². The Bertz CT molecular complexity index is 587. The van der Waals surface area contributed by atoms with Crippen molar-refractivity contribution in [3.8, 4) is 0 Å². The molecule has 1 aliphatic rings.